The van der Waals surface area contributed by atoms with Gasteiger partial charge in [0.15, 0.2) is 6.10 Å². The standard InChI is InChI=1S/C20H22N2O5/c1-4-26-20(25)15-6-5-7-18(12-15)27-13(2)19(24)22-17-10-8-16(9-11-17)21-14(3)23/h5-13H,4H2,1-3H3,(H,21,23)(H,22,24). The minimum atomic E-state index is -0.780. The number of nitrogens with one attached hydrogen (secondary N) is 2. The lowest BCUT2D eigenvalue weighted by molar-refractivity contribution is -0.122. The van der Waals surface area contributed by atoms with E-state index in [-0.39, 0.29) is 18.4 Å². The van der Waals surface area contributed by atoms with Crippen LogP contribution in [0.15, 0.2) is 48.5 Å². The van der Waals surface area contributed by atoms with Crippen molar-refractivity contribution >= 4 is 29.2 Å². The van der Waals surface area contributed by atoms with E-state index >= 15 is 0 Å². The van der Waals surface area contributed by atoms with Gasteiger partial charge >= 0.3 is 5.97 Å². The van der Waals surface area contributed by atoms with Crippen LogP contribution in [0.2, 0.25) is 0 Å². The highest BCUT2D eigenvalue weighted by Gasteiger charge is 2.16. The second-order valence-corrected chi connectivity index (χ2v) is 5.76. The van der Waals surface area contributed by atoms with E-state index in [1.54, 1.807) is 56.3 Å². The number of esters is 1. The van der Waals surface area contributed by atoms with Crippen molar-refractivity contribution < 1.29 is 23.9 Å². The molecule has 0 aromatic heterocycles. The van der Waals surface area contributed by atoms with Crippen LogP contribution in [0.4, 0.5) is 11.4 Å². The maximum atomic E-state index is 12.3. The SMILES string of the molecule is CCOC(=O)c1cccc(OC(C)C(=O)Nc2ccc(NC(C)=O)cc2)c1. The third-order valence-electron chi connectivity index (χ3n) is 3.50. The van der Waals surface area contributed by atoms with Crippen molar-refractivity contribution in [2.24, 2.45) is 0 Å². The zero-order chi connectivity index (χ0) is 19.8. The lowest BCUT2D eigenvalue weighted by Crippen LogP contribution is -2.30. The molecule has 0 spiro atoms. The number of benzene rings is 2. The Labute approximate surface area is 157 Å². The van der Waals surface area contributed by atoms with Crippen LogP contribution in [0.5, 0.6) is 5.75 Å². The molecule has 2 rings (SSSR count). The zero-order valence-corrected chi connectivity index (χ0v) is 15.4. The summed E-state index contributed by atoms with van der Waals surface area (Å²) >= 11 is 0. The van der Waals surface area contributed by atoms with Crippen LogP contribution in [-0.2, 0) is 14.3 Å². The van der Waals surface area contributed by atoms with Gasteiger partial charge in [0.2, 0.25) is 5.91 Å². The Balaban J connectivity index is 1.96. The Bertz CT molecular complexity index is 817. The molecule has 0 aliphatic carbocycles. The molecule has 7 heteroatoms. The molecule has 0 radical (unpaired) electrons. The van der Waals surface area contributed by atoms with Crippen LogP contribution in [0.3, 0.4) is 0 Å². The summed E-state index contributed by atoms with van der Waals surface area (Å²) in [5.41, 5.74) is 1.57. The fourth-order valence-electron chi connectivity index (χ4n) is 2.25. The smallest absolute Gasteiger partial charge is 0.338 e. The Hall–Kier alpha value is -3.35. The van der Waals surface area contributed by atoms with E-state index in [4.69, 9.17) is 9.47 Å². The zero-order valence-electron chi connectivity index (χ0n) is 15.4. The molecule has 0 heterocycles. The average molecular weight is 370 g/mol. The molecule has 0 fully saturated rings. The summed E-state index contributed by atoms with van der Waals surface area (Å²) in [5.74, 6) is -0.564. The Morgan fingerprint density at radius 2 is 1.63 bits per heavy atom. The van der Waals surface area contributed by atoms with E-state index in [2.05, 4.69) is 10.6 Å². The average Bonchev–Trinajstić information content (AvgIpc) is 2.63. The maximum absolute atomic E-state index is 12.3. The minimum Gasteiger partial charge on any atom is -0.481 e. The fourth-order valence-corrected chi connectivity index (χ4v) is 2.25. The monoisotopic (exact) mass is 370 g/mol. The van der Waals surface area contributed by atoms with E-state index in [1.807, 2.05) is 0 Å². The molecule has 2 amide bonds. The highest BCUT2D eigenvalue weighted by molar-refractivity contribution is 5.95. The van der Waals surface area contributed by atoms with Crippen molar-refractivity contribution in [1.29, 1.82) is 0 Å². The first kappa shape index (κ1) is 20.0. The lowest BCUT2D eigenvalue weighted by atomic mass is 10.2. The second-order valence-electron chi connectivity index (χ2n) is 5.76. The number of anilines is 2. The molecule has 2 N–H and O–H groups in total. The van der Waals surface area contributed by atoms with Gasteiger partial charge in [0.25, 0.3) is 5.91 Å². The Morgan fingerprint density at radius 1 is 1.00 bits per heavy atom. The molecule has 2 aromatic carbocycles. The van der Waals surface area contributed by atoms with Gasteiger partial charge in [-0.1, -0.05) is 6.07 Å². The molecule has 0 saturated carbocycles. The first-order valence-electron chi connectivity index (χ1n) is 8.51. The molecule has 0 saturated heterocycles. The van der Waals surface area contributed by atoms with Gasteiger partial charge in [0.1, 0.15) is 5.75 Å². The summed E-state index contributed by atoms with van der Waals surface area (Å²) in [5, 5.41) is 5.38. The van der Waals surface area contributed by atoms with Crippen molar-refractivity contribution in [3.8, 4) is 5.75 Å². The number of ether oxygens (including phenoxy) is 2. The van der Waals surface area contributed by atoms with Crippen LogP contribution < -0.4 is 15.4 Å². The lowest BCUT2D eigenvalue weighted by Gasteiger charge is -2.15. The van der Waals surface area contributed by atoms with Crippen LogP contribution >= 0.6 is 0 Å². The summed E-state index contributed by atoms with van der Waals surface area (Å²) in [7, 11) is 0. The van der Waals surface area contributed by atoms with Crippen LogP contribution in [0.1, 0.15) is 31.1 Å². The van der Waals surface area contributed by atoms with Crippen molar-refractivity contribution in [2.75, 3.05) is 17.2 Å². The van der Waals surface area contributed by atoms with E-state index < -0.39 is 12.1 Å². The van der Waals surface area contributed by atoms with Crippen molar-refractivity contribution in [3.63, 3.8) is 0 Å². The number of hydrogen-bond acceptors (Lipinski definition) is 5. The van der Waals surface area contributed by atoms with E-state index in [9.17, 15) is 14.4 Å². The molecule has 7 nitrogen and oxygen atoms in total. The minimum absolute atomic E-state index is 0.168. The summed E-state index contributed by atoms with van der Waals surface area (Å²) in [6.45, 7) is 5.04. The van der Waals surface area contributed by atoms with Crippen LogP contribution in [0, 0.1) is 0 Å². The summed E-state index contributed by atoms with van der Waals surface area (Å²) in [6.07, 6.45) is -0.780. The molecule has 0 bridgehead atoms. The summed E-state index contributed by atoms with van der Waals surface area (Å²) in [4.78, 5) is 35.1. The Morgan fingerprint density at radius 3 is 2.22 bits per heavy atom. The number of hydrogen-bond donors (Lipinski definition) is 2. The Kier molecular flexibility index (Phi) is 6.93. The quantitative estimate of drug-likeness (QED) is 0.730. The van der Waals surface area contributed by atoms with Gasteiger partial charge in [0.05, 0.1) is 12.2 Å². The van der Waals surface area contributed by atoms with Gasteiger partial charge in [-0.3, -0.25) is 9.59 Å². The maximum Gasteiger partial charge on any atom is 0.338 e. The third kappa shape index (κ3) is 6.14. The molecule has 0 aliphatic rings. The predicted molar refractivity (Wildman–Crippen MR) is 102 cm³/mol. The van der Waals surface area contributed by atoms with Crippen LogP contribution in [0.25, 0.3) is 0 Å². The first-order chi connectivity index (χ1) is 12.9. The van der Waals surface area contributed by atoms with E-state index in [0.717, 1.165) is 0 Å². The molecule has 2 aromatic rings. The van der Waals surface area contributed by atoms with Gasteiger partial charge in [0, 0.05) is 18.3 Å². The van der Waals surface area contributed by atoms with Gasteiger partial charge < -0.3 is 20.1 Å². The van der Waals surface area contributed by atoms with E-state index in [1.165, 1.54) is 13.0 Å². The van der Waals surface area contributed by atoms with Gasteiger partial charge in [-0.2, -0.15) is 0 Å². The number of amides is 2. The largest absolute Gasteiger partial charge is 0.481 e. The topological polar surface area (TPSA) is 93.7 Å². The first-order valence-corrected chi connectivity index (χ1v) is 8.51. The summed E-state index contributed by atoms with van der Waals surface area (Å²) in [6, 6.07) is 13.2. The molecular weight excluding hydrogens is 348 g/mol. The molecule has 0 aliphatic heterocycles. The van der Waals surface area contributed by atoms with E-state index in [0.29, 0.717) is 22.7 Å². The molecule has 142 valence electrons. The number of rotatable bonds is 7. The second kappa shape index (κ2) is 9.38. The van der Waals surface area contributed by atoms with Crippen molar-refractivity contribution in [1.82, 2.24) is 0 Å². The normalized spacial score (nSPS) is 11.2. The van der Waals surface area contributed by atoms with Gasteiger partial charge in [-0.15, -0.1) is 0 Å². The molecule has 27 heavy (non-hydrogen) atoms. The number of carbonyl (C=O) groups excluding carboxylic acids is 3. The van der Waals surface area contributed by atoms with Crippen molar-refractivity contribution in [2.45, 2.75) is 26.9 Å². The molecule has 1 atom stereocenters. The number of carbonyl (C=O) groups is 3. The highest BCUT2D eigenvalue weighted by atomic mass is 16.5. The third-order valence-corrected chi connectivity index (χ3v) is 3.50. The molecular formula is C20H22N2O5. The van der Waals surface area contributed by atoms with Gasteiger partial charge in [-0.25, -0.2) is 4.79 Å². The molecule has 1 unspecified atom stereocenters. The fraction of sp³-hybridized carbons (Fsp3) is 0.250. The summed E-state index contributed by atoms with van der Waals surface area (Å²) < 4.78 is 10.6. The van der Waals surface area contributed by atoms with Crippen molar-refractivity contribution in [3.05, 3.63) is 54.1 Å². The predicted octanol–water partition coefficient (Wildman–Crippen LogP) is 3.23. The van der Waals surface area contributed by atoms with Crippen LogP contribution in [-0.4, -0.2) is 30.5 Å². The highest BCUT2D eigenvalue weighted by Crippen LogP contribution is 2.17. The van der Waals surface area contributed by atoms with Gasteiger partial charge in [-0.05, 0) is 56.3 Å².